The maximum absolute atomic E-state index is 12.3. The van der Waals surface area contributed by atoms with E-state index in [-0.39, 0.29) is 27.6 Å². The van der Waals surface area contributed by atoms with Gasteiger partial charge in [0.25, 0.3) is 0 Å². The first-order valence-electron chi connectivity index (χ1n) is 6.76. The van der Waals surface area contributed by atoms with Crippen molar-refractivity contribution in [3.63, 3.8) is 0 Å². The van der Waals surface area contributed by atoms with E-state index < -0.39 is 0 Å². The highest BCUT2D eigenvalue weighted by Gasteiger charge is 2.60. The van der Waals surface area contributed by atoms with Crippen molar-refractivity contribution in [1.29, 1.82) is 0 Å². The minimum Gasteiger partial charge on any atom is -0.353 e. The molecule has 18 heavy (non-hydrogen) atoms. The lowest BCUT2D eigenvalue weighted by Gasteiger charge is -2.23. The first-order valence-corrected chi connectivity index (χ1v) is 7.51. The fourth-order valence-electron chi connectivity index (χ4n) is 3.16. The molecule has 2 aliphatic rings. The van der Waals surface area contributed by atoms with Gasteiger partial charge in [0.05, 0.1) is 5.92 Å². The Kier molecular flexibility index (Phi) is 4.28. The van der Waals surface area contributed by atoms with E-state index in [1.807, 2.05) is 0 Å². The molecule has 2 aliphatic carbocycles. The lowest BCUT2D eigenvalue weighted by atomic mass is 9.95. The number of carbonyl (C=O) groups is 1. The van der Waals surface area contributed by atoms with Gasteiger partial charge in [-0.05, 0) is 30.3 Å². The van der Waals surface area contributed by atoms with Crippen molar-refractivity contribution in [2.45, 2.75) is 52.0 Å². The van der Waals surface area contributed by atoms with Crippen LogP contribution < -0.4 is 5.32 Å². The Morgan fingerprint density at radius 1 is 1.22 bits per heavy atom. The fourth-order valence-corrected chi connectivity index (χ4v) is 3.43. The van der Waals surface area contributed by atoms with Gasteiger partial charge in [-0.3, -0.25) is 4.79 Å². The summed E-state index contributed by atoms with van der Waals surface area (Å²) in [5, 5.41) is 3.19. The van der Waals surface area contributed by atoms with E-state index in [9.17, 15) is 4.79 Å². The molecule has 4 heteroatoms. The predicted octanol–water partition coefficient (Wildman–Crippen LogP) is 4.03. The third kappa shape index (κ3) is 3.03. The second-order valence-electron chi connectivity index (χ2n) is 6.12. The summed E-state index contributed by atoms with van der Waals surface area (Å²) in [4.78, 5) is 12.3. The molecule has 0 spiro atoms. The van der Waals surface area contributed by atoms with Gasteiger partial charge in [0.1, 0.15) is 4.49 Å². The topological polar surface area (TPSA) is 29.1 Å². The zero-order chi connectivity index (χ0) is 13.3. The second-order valence-corrected chi connectivity index (χ2v) is 7.13. The molecule has 0 unspecified atom stereocenters. The molecule has 0 aliphatic heterocycles. The first-order chi connectivity index (χ1) is 8.43. The Labute approximate surface area is 119 Å². The van der Waals surface area contributed by atoms with Crippen molar-refractivity contribution >= 4 is 29.1 Å². The number of hydrogen-bond donors (Lipinski definition) is 1. The van der Waals surface area contributed by atoms with E-state index in [1.165, 1.54) is 19.3 Å². The van der Waals surface area contributed by atoms with E-state index in [0.717, 1.165) is 12.8 Å². The van der Waals surface area contributed by atoms with Gasteiger partial charge in [-0.2, -0.15) is 0 Å². The summed E-state index contributed by atoms with van der Waals surface area (Å²) in [6.45, 7) is 4.19. The number of carbonyl (C=O) groups excluding carboxylic acids is 1. The molecule has 0 aromatic carbocycles. The highest BCUT2D eigenvalue weighted by atomic mass is 35.5. The van der Waals surface area contributed by atoms with E-state index in [4.69, 9.17) is 23.2 Å². The molecule has 2 saturated carbocycles. The van der Waals surface area contributed by atoms with Gasteiger partial charge in [0, 0.05) is 6.04 Å². The van der Waals surface area contributed by atoms with Crippen molar-refractivity contribution < 1.29 is 4.79 Å². The molecule has 2 nitrogen and oxygen atoms in total. The first kappa shape index (κ1) is 14.2. The summed E-state index contributed by atoms with van der Waals surface area (Å²) < 4.78 is 0.265. The standard InChI is InChI=1S/C14H21Cl2NO/c1-14(2)10(8-11(15)16)12(14)13(18)17-9-6-4-3-5-7-9/h8-10,12H,3-7H2,1-2H3,(H,17,18)/t10-,12-/m0/s1. The molecule has 0 heterocycles. The Balaban J connectivity index is 1.91. The molecule has 0 aromatic heterocycles. The van der Waals surface area contributed by atoms with E-state index >= 15 is 0 Å². The van der Waals surface area contributed by atoms with Crippen LogP contribution in [-0.4, -0.2) is 11.9 Å². The third-order valence-electron chi connectivity index (χ3n) is 4.45. The van der Waals surface area contributed by atoms with Gasteiger partial charge in [0.2, 0.25) is 5.91 Å². The van der Waals surface area contributed by atoms with Gasteiger partial charge in [-0.25, -0.2) is 0 Å². The molecule has 0 radical (unpaired) electrons. The van der Waals surface area contributed by atoms with Gasteiger partial charge in [0.15, 0.2) is 0 Å². The van der Waals surface area contributed by atoms with Crippen LogP contribution in [0.15, 0.2) is 10.6 Å². The molecule has 2 rings (SSSR count). The molecular formula is C14H21Cl2NO. The molecule has 0 aromatic rings. The van der Waals surface area contributed by atoms with Crippen molar-refractivity contribution in [1.82, 2.24) is 5.32 Å². The zero-order valence-electron chi connectivity index (χ0n) is 11.0. The molecule has 1 amide bonds. The highest BCUT2D eigenvalue weighted by Crippen LogP contribution is 2.59. The largest absolute Gasteiger partial charge is 0.353 e. The smallest absolute Gasteiger partial charge is 0.224 e. The number of allylic oxidation sites excluding steroid dienone is 1. The average molecular weight is 290 g/mol. The molecule has 0 saturated heterocycles. The molecule has 102 valence electrons. The van der Waals surface area contributed by atoms with Gasteiger partial charge >= 0.3 is 0 Å². The minimum absolute atomic E-state index is 0.0201. The van der Waals surface area contributed by atoms with Crippen LogP contribution in [0, 0.1) is 17.3 Å². The van der Waals surface area contributed by atoms with Crippen molar-refractivity contribution in [3.8, 4) is 0 Å². The molecule has 2 fully saturated rings. The Morgan fingerprint density at radius 3 is 2.39 bits per heavy atom. The number of hydrogen-bond acceptors (Lipinski definition) is 1. The summed E-state index contributed by atoms with van der Waals surface area (Å²) >= 11 is 11.4. The summed E-state index contributed by atoms with van der Waals surface area (Å²) in [5.74, 6) is 0.362. The lowest BCUT2D eigenvalue weighted by molar-refractivity contribution is -0.124. The van der Waals surface area contributed by atoms with E-state index in [2.05, 4.69) is 19.2 Å². The van der Waals surface area contributed by atoms with Crippen LogP contribution in [0.4, 0.5) is 0 Å². The Hall–Kier alpha value is -0.210. The summed E-state index contributed by atoms with van der Waals surface area (Å²) in [6.07, 6.45) is 7.81. The van der Waals surface area contributed by atoms with E-state index in [0.29, 0.717) is 6.04 Å². The maximum Gasteiger partial charge on any atom is 0.224 e. The summed E-state index contributed by atoms with van der Waals surface area (Å²) in [7, 11) is 0. The molecule has 0 bridgehead atoms. The van der Waals surface area contributed by atoms with Crippen LogP contribution in [-0.2, 0) is 4.79 Å². The van der Waals surface area contributed by atoms with Crippen LogP contribution in [0.25, 0.3) is 0 Å². The zero-order valence-corrected chi connectivity index (χ0v) is 12.5. The summed E-state index contributed by atoms with van der Waals surface area (Å²) in [6, 6.07) is 0.374. The Morgan fingerprint density at radius 2 is 1.83 bits per heavy atom. The van der Waals surface area contributed by atoms with Crippen LogP contribution >= 0.6 is 23.2 Å². The quantitative estimate of drug-likeness (QED) is 0.835. The molecular weight excluding hydrogens is 269 g/mol. The normalized spacial score (nSPS) is 30.7. The number of amides is 1. The average Bonchev–Trinajstić information content (AvgIpc) is 2.80. The van der Waals surface area contributed by atoms with E-state index in [1.54, 1.807) is 6.08 Å². The fraction of sp³-hybridized carbons (Fsp3) is 0.786. The third-order valence-corrected chi connectivity index (χ3v) is 4.70. The van der Waals surface area contributed by atoms with Gasteiger partial charge < -0.3 is 5.32 Å². The van der Waals surface area contributed by atoms with Crippen LogP contribution in [0.5, 0.6) is 0 Å². The lowest BCUT2D eigenvalue weighted by Crippen LogP contribution is -2.38. The summed E-state index contributed by atoms with van der Waals surface area (Å²) in [5.41, 5.74) is -0.0201. The predicted molar refractivity (Wildman–Crippen MR) is 75.6 cm³/mol. The van der Waals surface area contributed by atoms with Gasteiger partial charge in [-0.1, -0.05) is 56.3 Å². The number of nitrogens with one attached hydrogen (secondary N) is 1. The SMILES string of the molecule is CC1(C)[C@H](C(=O)NC2CCCCC2)[C@@H]1C=C(Cl)Cl. The van der Waals surface area contributed by atoms with Gasteiger partial charge in [-0.15, -0.1) is 0 Å². The van der Waals surface area contributed by atoms with Crippen LogP contribution in [0.1, 0.15) is 46.0 Å². The van der Waals surface area contributed by atoms with Crippen LogP contribution in [0.2, 0.25) is 0 Å². The second kappa shape index (κ2) is 5.42. The molecule has 1 N–H and O–H groups in total. The van der Waals surface area contributed by atoms with Crippen molar-refractivity contribution in [2.24, 2.45) is 17.3 Å². The molecule has 2 atom stereocenters. The number of halogens is 2. The monoisotopic (exact) mass is 289 g/mol. The van der Waals surface area contributed by atoms with Crippen molar-refractivity contribution in [3.05, 3.63) is 10.6 Å². The number of rotatable bonds is 3. The maximum atomic E-state index is 12.3. The minimum atomic E-state index is -0.0201. The van der Waals surface area contributed by atoms with Crippen molar-refractivity contribution in [2.75, 3.05) is 0 Å². The highest BCUT2D eigenvalue weighted by molar-refractivity contribution is 6.55. The Bertz CT molecular complexity index is 355. The van der Waals surface area contributed by atoms with Crippen LogP contribution in [0.3, 0.4) is 0 Å².